The highest BCUT2D eigenvalue weighted by molar-refractivity contribution is 4.71. The van der Waals surface area contributed by atoms with Gasteiger partial charge in [-0.05, 0) is 25.3 Å². The Morgan fingerprint density at radius 3 is 2.33 bits per heavy atom. The van der Waals surface area contributed by atoms with Crippen LogP contribution in [0.2, 0.25) is 0 Å². The van der Waals surface area contributed by atoms with E-state index in [2.05, 4.69) is 16.7 Å². The Balaban J connectivity index is 2.21. The zero-order valence-corrected chi connectivity index (χ0v) is 12.4. The molecule has 4 heteroatoms. The van der Waals surface area contributed by atoms with E-state index in [1.807, 2.05) is 0 Å². The van der Waals surface area contributed by atoms with E-state index in [-0.39, 0.29) is 0 Å². The van der Waals surface area contributed by atoms with Crippen LogP contribution in [-0.4, -0.2) is 76.5 Å². The van der Waals surface area contributed by atoms with E-state index in [1.165, 1.54) is 32.5 Å². The molecule has 0 aliphatic carbocycles. The Morgan fingerprint density at radius 1 is 1.11 bits per heavy atom. The molecule has 0 aromatic heterocycles. The quantitative estimate of drug-likeness (QED) is 0.622. The van der Waals surface area contributed by atoms with Crippen molar-refractivity contribution in [1.29, 1.82) is 0 Å². The molecule has 1 aliphatic rings. The number of hydrogen-bond donors (Lipinski definition) is 0. The zero-order valence-electron chi connectivity index (χ0n) is 12.4. The van der Waals surface area contributed by atoms with Crippen molar-refractivity contribution in [2.45, 2.75) is 19.8 Å². The van der Waals surface area contributed by atoms with Crippen molar-refractivity contribution in [3.05, 3.63) is 0 Å². The summed E-state index contributed by atoms with van der Waals surface area (Å²) in [5.74, 6) is 0.866. The summed E-state index contributed by atoms with van der Waals surface area (Å²) in [5, 5.41) is 0. The van der Waals surface area contributed by atoms with Crippen LogP contribution < -0.4 is 0 Å². The highest BCUT2D eigenvalue weighted by atomic mass is 16.5. The predicted molar refractivity (Wildman–Crippen MR) is 75.0 cm³/mol. The first-order chi connectivity index (χ1) is 8.76. The first-order valence-electron chi connectivity index (χ1n) is 7.19. The smallest absolute Gasteiger partial charge is 0.0589 e. The number of ether oxygens (including phenoxy) is 2. The molecule has 108 valence electrons. The van der Waals surface area contributed by atoms with E-state index < -0.39 is 0 Å². The van der Waals surface area contributed by atoms with Crippen LogP contribution in [0.25, 0.3) is 0 Å². The molecular weight excluding hydrogens is 228 g/mol. The molecule has 0 bridgehead atoms. The Morgan fingerprint density at radius 2 is 1.78 bits per heavy atom. The van der Waals surface area contributed by atoms with Crippen LogP contribution in [0.4, 0.5) is 0 Å². The normalized spacial score (nSPS) is 21.7. The van der Waals surface area contributed by atoms with E-state index in [1.54, 1.807) is 14.2 Å². The van der Waals surface area contributed by atoms with Crippen molar-refractivity contribution in [2.24, 2.45) is 5.92 Å². The van der Waals surface area contributed by atoms with Crippen molar-refractivity contribution in [1.82, 2.24) is 9.80 Å². The second-order valence-corrected chi connectivity index (χ2v) is 5.38. The van der Waals surface area contributed by atoms with Crippen molar-refractivity contribution in [2.75, 3.05) is 66.7 Å². The fourth-order valence-corrected chi connectivity index (χ4v) is 2.55. The lowest BCUT2D eigenvalue weighted by Gasteiger charge is -2.32. The number of nitrogens with zero attached hydrogens (tertiary/aromatic N) is 2. The lowest BCUT2D eigenvalue weighted by molar-refractivity contribution is 0.0976. The molecular formula is C14H30N2O2. The van der Waals surface area contributed by atoms with E-state index in [9.17, 15) is 0 Å². The van der Waals surface area contributed by atoms with Gasteiger partial charge in [0.15, 0.2) is 0 Å². The maximum Gasteiger partial charge on any atom is 0.0589 e. The van der Waals surface area contributed by atoms with Gasteiger partial charge < -0.3 is 14.4 Å². The summed E-state index contributed by atoms with van der Waals surface area (Å²) in [6, 6.07) is 0. The minimum Gasteiger partial charge on any atom is -0.383 e. The number of likely N-dealkylation sites (tertiary alicyclic amines) is 1. The van der Waals surface area contributed by atoms with Gasteiger partial charge >= 0.3 is 0 Å². The fraction of sp³-hybridized carbons (Fsp3) is 1.00. The van der Waals surface area contributed by atoms with Crippen LogP contribution in [0.5, 0.6) is 0 Å². The second-order valence-electron chi connectivity index (χ2n) is 5.38. The average Bonchev–Trinajstić information content (AvgIpc) is 2.38. The number of piperidine rings is 1. The highest BCUT2D eigenvalue weighted by Gasteiger charge is 2.16. The third kappa shape index (κ3) is 6.69. The molecule has 0 unspecified atom stereocenters. The molecule has 1 rings (SSSR count). The van der Waals surface area contributed by atoms with Gasteiger partial charge in [-0.2, -0.15) is 0 Å². The molecule has 0 N–H and O–H groups in total. The lowest BCUT2D eigenvalue weighted by atomic mass is 10.0. The Kier molecular flexibility index (Phi) is 8.59. The van der Waals surface area contributed by atoms with Crippen LogP contribution >= 0.6 is 0 Å². The first-order valence-corrected chi connectivity index (χ1v) is 7.19. The van der Waals surface area contributed by atoms with Crippen LogP contribution in [-0.2, 0) is 9.47 Å². The summed E-state index contributed by atoms with van der Waals surface area (Å²) < 4.78 is 10.3. The summed E-state index contributed by atoms with van der Waals surface area (Å²) in [4.78, 5) is 5.03. The molecule has 1 fully saturated rings. The fourth-order valence-electron chi connectivity index (χ4n) is 2.55. The van der Waals surface area contributed by atoms with Crippen LogP contribution in [0.3, 0.4) is 0 Å². The summed E-state index contributed by atoms with van der Waals surface area (Å²) in [6.45, 7) is 10.8. The van der Waals surface area contributed by atoms with Crippen molar-refractivity contribution >= 4 is 0 Å². The third-order valence-corrected chi connectivity index (χ3v) is 3.70. The summed E-state index contributed by atoms with van der Waals surface area (Å²) in [5.41, 5.74) is 0. The third-order valence-electron chi connectivity index (χ3n) is 3.70. The minimum absolute atomic E-state index is 0.806. The van der Waals surface area contributed by atoms with Crippen LogP contribution in [0.1, 0.15) is 19.8 Å². The summed E-state index contributed by atoms with van der Waals surface area (Å²) in [6.07, 6.45) is 2.75. The van der Waals surface area contributed by atoms with E-state index >= 15 is 0 Å². The molecule has 0 saturated carbocycles. The second kappa shape index (κ2) is 9.73. The minimum atomic E-state index is 0.806. The number of rotatable bonds is 9. The first kappa shape index (κ1) is 15.9. The molecule has 1 aliphatic heterocycles. The average molecular weight is 258 g/mol. The largest absolute Gasteiger partial charge is 0.383 e. The van der Waals surface area contributed by atoms with Gasteiger partial charge in [-0.25, -0.2) is 0 Å². The van der Waals surface area contributed by atoms with E-state index in [4.69, 9.17) is 9.47 Å². The Labute approximate surface area is 112 Å². The molecule has 0 spiro atoms. The monoisotopic (exact) mass is 258 g/mol. The summed E-state index contributed by atoms with van der Waals surface area (Å²) >= 11 is 0. The molecule has 0 aromatic rings. The van der Waals surface area contributed by atoms with Crippen LogP contribution in [0, 0.1) is 5.92 Å². The molecule has 4 nitrogen and oxygen atoms in total. The molecule has 1 atom stereocenters. The van der Waals surface area contributed by atoms with Gasteiger partial charge in [0.2, 0.25) is 0 Å². The SMILES string of the molecule is COCCN(CCOC)CCN1CCC[C@@H](C)C1. The van der Waals surface area contributed by atoms with Crippen LogP contribution in [0.15, 0.2) is 0 Å². The van der Waals surface area contributed by atoms with Crippen molar-refractivity contribution < 1.29 is 9.47 Å². The van der Waals surface area contributed by atoms with Gasteiger partial charge in [0.1, 0.15) is 0 Å². The lowest BCUT2D eigenvalue weighted by Crippen LogP contribution is -2.41. The molecule has 0 radical (unpaired) electrons. The standard InChI is InChI=1S/C14H30N2O2/c1-14-5-4-6-16(13-14)8-7-15(9-11-17-2)10-12-18-3/h14H,4-13H2,1-3H3/t14-/m1/s1. The number of methoxy groups -OCH3 is 2. The van der Waals surface area contributed by atoms with Crippen molar-refractivity contribution in [3.8, 4) is 0 Å². The maximum atomic E-state index is 5.17. The van der Waals surface area contributed by atoms with Gasteiger partial charge in [0.05, 0.1) is 13.2 Å². The summed E-state index contributed by atoms with van der Waals surface area (Å²) in [7, 11) is 3.53. The highest BCUT2D eigenvalue weighted by Crippen LogP contribution is 2.14. The predicted octanol–water partition coefficient (Wildman–Crippen LogP) is 1.31. The maximum absolute atomic E-state index is 5.17. The van der Waals surface area contributed by atoms with Gasteiger partial charge in [-0.15, -0.1) is 0 Å². The molecule has 1 saturated heterocycles. The van der Waals surface area contributed by atoms with Gasteiger partial charge in [-0.1, -0.05) is 6.92 Å². The molecule has 1 heterocycles. The molecule has 0 aromatic carbocycles. The van der Waals surface area contributed by atoms with Crippen molar-refractivity contribution in [3.63, 3.8) is 0 Å². The Bertz CT molecular complexity index is 194. The van der Waals surface area contributed by atoms with E-state index in [0.29, 0.717) is 0 Å². The molecule has 0 amide bonds. The van der Waals surface area contributed by atoms with Gasteiger partial charge in [0, 0.05) is 46.9 Å². The van der Waals surface area contributed by atoms with E-state index in [0.717, 1.165) is 38.8 Å². The topological polar surface area (TPSA) is 24.9 Å². The molecule has 18 heavy (non-hydrogen) atoms. The van der Waals surface area contributed by atoms with Gasteiger partial charge in [-0.3, -0.25) is 4.90 Å². The number of hydrogen-bond acceptors (Lipinski definition) is 4. The Hall–Kier alpha value is -0.160. The van der Waals surface area contributed by atoms with Gasteiger partial charge in [0.25, 0.3) is 0 Å². The zero-order chi connectivity index (χ0) is 13.2.